The SMILES string of the molecule is C#CCCC1(CCC(=O)NC(C)c2ncc(C(=O)OC)s2)N=N1. The van der Waals surface area contributed by atoms with Crippen LogP contribution in [0.25, 0.3) is 0 Å². The Balaban J connectivity index is 1.80. The average molecular weight is 334 g/mol. The quantitative estimate of drug-likeness (QED) is 0.584. The summed E-state index contributed by atoms with van der Waals surface area (Å²) in [5.41, 5.74) is -0.452. The number of nitrogens with zero attached hydrogens (tertiary/aromatic N) is 3. The van der Waals surface area contributed by atoms with Crippen LogP contribution in [0.1, 0.15) is 53.3 Å². The Morgan fingerprint density at radius 3 is 2.83 bits per heavy atom. The lowest BCUT2D eigenvalue weighted by molar-refractivity contribution is -0.122. The van der Waals surface area contributed by atoms with E-state index in [1.807, 2.05) is 6.92 Å². The number of hydrogen-bond acceptors (Lipinski definition) is 7. The van der Waals surface area contributed by atoms with Crippen LogP contribution in [-0.4, -0.2) is 29.6 Å². The van der Waals surface area contributed by atoms with Gasteiger partial charge in [-0.05, 0) is 6.92 Å². The van der Waals surface area contributed by atoms with E-state index in [4.69, 9.17) is 6.42 Å². The Morgan fingerprint density at radius 2 is 2.22 bits per heavy atom. The van der Waals surface area contributed by atoms with Gasteiger partial charge in [0.1, 0.15) is 9.88 Å². The van der Waals surface area contributed by atoms with Crippen molar-refractivity contribution >= 4 is 23.2 Å². The predicted molar refractivity (Wildman–Crippen MR) is 84.9 cm³/mol. The standard InChI is InChI=1S/C15H18N4O3S/c1-4-5-7-15(18-19-15)8-6-12(20)17-10(2)13-16-9-11(23-13)14(21)22-3/h1,9-10H,5-8H2,2-3H3,(H,17,20). The van der Waals surface area contributed by atoms with E-state index in [-0.39, 0.29) is 11.9 Å². The van der Waals surface area contributed by atoms with Crippen molar-refractivity contribution in [1.82, 2.24) is 10.3 Å². The van der Waals surface area contributed by atoms with Crippen molar-refractivity contribution in [3.8, 4) is 12.3 Å². The molecule has 2 heterocycles. The molecule has 23 heavy (non-hydrogen) atoms. The molecule has 1 aromatic heterocycles. The van der Waals surface area contributed by atoms with Gasteiger partial charge in [0, 0.05) is 25.7 Å². The summed E-state index contributed by atoms with van der Waals surface area (Å²) in [6, 6.07) is -0.277. The third-order valence-electron chi connectivity index (χ3n) is 3.46. The van der Waals surface area contributed by atoms with Crippen LogP contribution in [0.2, 0.25) is 0 Å². The molecule has 1 unspecified atom stereocenters. The number of thiazole rings is 1. The number of hydrogen-bond donors (Lipinski definition) is 1. The number of rotatable bonds is 8. The first kappa shape index (κ1) is 17.1. The molecule has 1 aliphatic heterocycles. The zero-order chi connectivity index (χ0) is 16.9. The number of amides is 1. The van der Waals surface area contributed by atoms with E-state index in [0.717, 1.165) is 0 Å². The van der Waals surface area contributed by atoms with Crippen LogP contribution in [0.3, 0.4) is 0 Å². The molecule has 0 saturated heterocycles. The van der Waals surface area contributed by atoms with Crippen LogP contribution < -0.4 is 5.32 Å². The Bertz CT molecular complexity index is 656. The summed E-state index contributed by atoms with van der Waals surface area (Å²) in [4.78, 5) is 28.0. The molecule has 0 saturated carbocycles. The Morgan fingerprint density at radius 1 is 1.48 bits per heavy atom. The van der Waals surface area contributed by atoms with Gasteiger partial charge in [0.2, 0.25) is 5.91 Å². The molecule has 0 bridgehead atoms. The maximum absolute atomic E-state index is 12.0. The molecule has 0 radical (unpaired) electrons. The first-order valence-electron chi connectivity index (χ1n) is 7.20. The molecule has 1 amide bonds. The molecule has 122 valence electrons. The van der Waals surface area contributed by atoms with Gasteiger partial charge in [0.25, 0.3) is 0 Å². The Labute approximate surface area is 138 Å². The molecule has 8 heteroatoms. The largest absolute Gasteiger partial charge is 0.465 e. The summed E-state index contributed by atoms with van der Waals surface area (Å²) in [6.07, 6.45) is 8.83. The van der Waals surface area contributed by atoms with Crippen LogP contribution in [0, 0.1) is 12.3 Å². The minimum absolute atomic E-state index is 0.107. The molecule has 1 aromatic rings. The normalized spacial score (nSPS) is 15.5. The van der Waals surface area contributed by atoms with Crippen molar-refractivity contribution in [1.29, 1.82) is 0 Å². The molecular weight excluding hydrogens is 316 g/mol. The molecule has 7 nitrogen and oxygen atoms in total. The second-order valence-electron chi connectivity index (χ2n) is 5.23. The molecule has 0 fully saturated rings. The number of nitrogens with one attached hydrogen (secondary N) is 1. The number of carbonyl (C=O) groups excluding carboxylic acids is 2. The van der Waals surface area contributed by atoms with Gasteiger partial charge in [-0.2, -0.15) is 10.2 Å². The molecular formula is C15H18N4O3S. The summed E-state index contributed by atoms with van der Waals surface area (Å²) in [5, 5.41) is 11.5. The van der Waals surface area contributed by atoms with Crippen molar-refractivity contribution < 1.29 is 14.3 Å². The number of methoxy groups -OCH3 is 1. The van der Waals surface area contributed by atoms with Gasteiger partial charge in [0.05, 0.1) is 19.3 Å². The van der Waals surface area contributed by atoms with Crippen LogP contribution >= 0.6 is 11.3 Å². The van der Waals surface area contributed by atoms with E-state index in [1.54, 1.807) is 0 Å². The van der Waals surface area contributed by atoms with Crippen LogP contribution in [0.5, 0.6) is 0 Å². The minimum atomic E-state index is -0.452. The monoisotopic (exact) mass is 334 g/mol. The zero-order valence-electron chi connectivity index (χ0n) is 13.0. The maximum Gasteiger partial charge on any atom is 0.349 e. The van der Waals surface area contributed by atoms with Crippen molar-refractivity contribution in [3.63, 3.8) is 0 Å². The fourth-order valence-electron chi connectivity index (χ4n) is 2.04. The van der Waals surface area contributed by atoms with Crippen LogP contribution in [-0.2, 0) is 9.53 Å². The molecule has 0 spiro atoms. The Hall–Kier alpha value is -2.27. The number of carbonyl (C=O) groups is 2. The molecule has 0 aliphatic carbocycles. The number of aromatic nitrogens is 1. The minimum Gasteiger partial charge on any atom is -0.465 e. The summed E-state index contributed by atoms with van der Waals surface area (Å²) in [5.74, 6) is 2.02. The van der Waals surface area contributed by atoms with Gasteiger partial charge >= 0.3 is 5.97 Å². The molecule has 1 N–H and O–H groups in total. The van der Waals surface area contributed by atoms with Crippen molar-refractivity contribution in [2.75, 3.05) is 7.11 Å². The second kappa shape index (κ2) is 7.33. The fourth-order valence-corrected chi connectivity index (χ4v) is 2.88. The van der Waals surface area contributed by atoms with Gasteiger partial charge in [0.15, 0.2) is 5.66 Å². The zero-order valence-corrected chi connectivity index (χ0v) is 13.9. The summed E-state index contributed by atoms with van der Waals surface area (Å²) < 4.78 is 4.63. The average Bonchev–Trinajstić information content (AvgIpc) is 3.14. The van der Waals surface area contributed by atoms with Crippen molar-refractivity contribution in [3.05, 3.63) is 16.1 Å². The predicted octanol–water partition coefficient (Wildman–Crippen LogP) is 2.46. The van der Waals surface area contributed by atoms with Crippen molar-refractivity contribution in [2.45, 2.75) is 44.3 Å². The Kier molecular flexibility index (Phi) is 5.45. The highest BCUT2D eigenvalue weighted by Gasteiger charge is 2.39. The maximum atomic E-state index is 12.0. The second-order valence-corrected chi connectivity index (χ2v) is 6.29. The van der Waals surface area contributed by atoms with Gasteiger partial charge in [-0.15, -0.1) is 23.7 Å². The molecule has 1 aliphatic rings. The van der Waals surface area contributed by atoms with Gasteiger partial charge < -0.3 is 10.1 Å². The van der Waals surface area contributed by atoms with E-state index >= 15 is 0 Å². The highest BCUT2D eigenvalue weighted by molar-refractivity contribution is 7.13. The summed E-state index contributed by atoms with van der Waals surface area (Å²) in [7, 11) is 1.32. The first-order chi connectivity index (χ1) is 11.0. The third kappa shape index (κ3) is 4.60. The van der Waals surface area contributed by atoms with E-state index in [2.05, 4.69) is 31.2 Å². The highest BCUT2D eigenvalue weighted by atomic mass is 32.1. The molecule has 0 aromatic carbocycles. The van der Waals surface area contributed by atoms with E-state index < -0.39 is 11.6 Å². The number of esters is 1. The first-order valence-corrected chi connectivity index (χ1v) is 8.02. The number of terminal acetylenes is 1. The smallest absolute Gasteiger partial charge is 0.349 e. The van der Waals surface area contributed by atoms with E-state index in [9.17, 15) is 9.59 Å². The van der Waals surface area contributed by atoms with Gasteiger partial charge in [-0.1, -0.05) is 0 Å². The van der Waals surface area contributed by atoms with Crippen LogP contribution in [0.4, 0.5) is 0 Å². The fraction of sp³-hybridized carbons (Fsp3) is 0.533. The summed E-state index contributed by atoms with van der Waals surface area (Å²) >= 11 is 1.20. The summed E-state index contributed by atoms with van der Waals surface area (Å²) in [6.45, 7) is 1.82. The molecule has 1 atom stereocenters. The third-order valence-corrected chi connectivity index (χ3v) is 4.62. The lowest BCUT2D eigenvalue weighted by Gasteiger charge is -2.12. The molecule has 2 rings (SSSR count). The van der Waals surface area contributed by atoms with Gasteiger partial charge in [-0.3, -0.25) is 4.79 Å². The highest BCUT2D eigenvalue weighted by Crippen LogP contribution is 2.37. The van der Waals surface area contributed by atoms with Crippen molar-refractivity contribution in [2.24, 2.45) is 10.2 Å². The van der Waals surface area contributed by atoms with Gasteiger partial charge in [-0.25, -0.2) is 9.78 Å². The van der Waals surface area contributed by atoms with E-state index in [0.29, 0.717) is 35.6 Å². The topological polar surface area (TPSA) is 93.0 Å². The number of ether oxygens (including phenoxy) is 1. The van der Waals surface area contributed by atoms with E-state index in [1.165, 1.54) is 24.6 Å². The lowest BCUT2D eigenvalue weighted by Crippen LogP contribution is -2.27. The van der Waals surface area contributed by atoms with Crippen LogP contribution in [0.15, 0.2) is 16.4 Å². The lowest BCUT2D eigenvalue weighted by atomic mass is 10.0.